The number of benzene rings is 2. The fourth-order valence-corrected chi connectivity index (χ4v) is 8.06. The number of fused-ring (bicyclic) bond motifs is 4. The van der Waals surface area contributed by atoms with Crippen LogP contribution in [0.4, 0.5) is 0 Å². The molecule has 0 radical (unpaired) electrons. The summed E-state index contributed by atoms with van der Waals surface area (Å²) in [7, 11) is 2.60. The second-order valence-corrected chi connectivity index (χ2v) is 12.3. The molecule has 0 amide bonds. The van der Waals surface area contributed by atoms with Crippen molar-refractivity contribution in [2.45, 2.75) is 37.5 Å². The van der Waals surface area contributed by atoms with Crippen LogP contribution < -0.4 is 0 Å². The Kier molecular flexibility index (Phi) is 7.15. The largest absolute Gasteiger partial charge is 0.468 e. The highest BCUT2D eigenvalue weighted by atomic mass is 16.5. The van der Waals surface area contributed by atoms with Crippen molar-refractivity contribution >= 4 is 39.5 Å². The van der Waals surface area contributed by atoms with Crippen LogP contribution in [0.25, 0.3) is 21.8 Å². The molecular formula is C37H33N3O5. The van der Waals surface area contributed by atoms with Gasteiger partial charge in [0.2, 0.25) is 0 Å². The first-order valence-electron chi connectivity index (χ1n) is 15.2. The molecule has 2 aliphatic rings. The van der Waals surface area contributed by atoms with E-state index in [-0.39, 0.29) is 25.2 Å². The first-order valence-corrected chi connectivity index (χ1v) is 15.2. The number of hydrogen-bond donors (Lipinski definition) is 0. The predicted molar refractivity (Wildman–Crippen MR) is 168 cm³/mol. The zero-order valence-electron chi connectivity index (χ0n) is 25.2. The van der Waals surface area contributed by atoms with Gasteiger partial charge in [0, 0.05) is 45.9 Å². The normalized spacial score (nSPS) is 26.0. The molecule has 3 heterocycles. The summed E-state index contributed by atoms with van der Waals surface area (Å²) in [5.74, 6) is -3.40. The number of carbonyl (C=O) groups excluding carboxylic acids is 3. The fourth-order valence-electron chi connectivity index (χ4n) is 8.06. The lowest BCUT2D eigenvalue weighted by atomic mass is 9.43. The van der Waals surface area contributed by atoms with Gasteiger partial charge >= 0.3 is 11.9 Å². The summed E-state index contributed by atoms with van der Waals surface area (Å²) in [4.78, 5) is 58.2. The van der Waals surface area contributed by atoms with Gasteiger partial charge in [-0.1, -0.05) is 54.6 Å². The second kappa shape index (κ2) is 11.2. The topological polar surface area (TPSA) is 108 Å². The highest BCUT2D eigenvalue weighted by molar-refractivity contribution is 6.17. The molecule has 7 rings (SSSR count). The molecule has 8 heteroatoms. The molecule has 45 heavy (non-hydrogen) atoms. The summed E-state index contributed by atoms with van der Waals surface area (Å²) >= 11 is 0. The Labute approximate surface area is 260 Å². The molecule has 0 spiro atoms. The minimum Gasteiger partial charge on any atom is -0.468 e. The number of pyridine rings is 3. The van der Waals surface area contributed by atoms with Crippen LogP contribution in [0.2, 0.25) is 0 Å². The van der Waals surface area contributed by atoms with E-state index in [0.29, 0.717) is 17.8 Å². The smallest absolute Gasteiger partial charge is 0.320 e. The van der Waals surface area contributed by atoms with Crippen molar-refractivity contribution < 1.29 is 23.9 Å². The number of esters is 2. The minimum atomic E-state index is -1.66. The molecule has 3 aromatic heterocycles. The van der Waals surface area contributed by atoms with Crippen LogP contribution in [0.1, 0.15) is 48.2 Å². The number of ether oxygens (including phenoxy) is 2. The third-order valence-electron chi connectivity index (χ3n) is 9.97. The first kappa shape index (κ1) is 28.8. The minimum absolute atomic E-state index is 0.199. The summed E-state index contributed by atoms with van der Waals surface area (Å²) < 4.78 is 10.9. The molecule has 2 fully saturated rings. The van der Waals surface area contributed by atoms with Crippen LogP contribution >= 0.6 is 0 Å². The van der Waals surface area contributed by atoms with Gasteiger partial charge in [-0.25, -0.2) is 0 Å². The lowest BCUT2D eigenvalue weighted by Gasteiger charge is -2.56. The number of aromatic nitrogens is 3. The van der Waals surface area contributed by atoms with Crippen molar-refractivity contribution in [1.82, 2.24) is 15.0 Å². The Morgan fingerprint density at radius 3 is 1.71 bits per heavy atom. The lowest BCUT2D eigenvalue weighted by Crippen LogP contribution is -2.65. The van der Waals surface area contributed by atoms with E-state index in [9.17, 15) is 9.59 Å². The highest BCUT2D eigenvalue weighted by Gasteiger charge is 2.73. The van der Waals surface area contributed by atoms with Crippen LogP contribution in [-0.4, -0.2) is 46.9 Å². The number of methoxy groups -OCH3 is 2. The Balaban J connectivity index is 1.48. The number of nitrogens with zero attached hydrogens (tertiary/aromatic N) is 3. The van der Waals surface area contributed by atoms with Crippen molar-refractivity contribution in [1.29, 1.82) is 0 Å². The van der Waals surface area contributed by atoms with Crippen LogP contribution in [0.3, 0.4) is 0 Å². The Morgan fingerprint density at radius 1 is 0.711 bits per heavy atom. The van der Waals surface area contributed by atoms with Crippen LogP contribution in [-0.2, 0) is 30.3 Å². The summed E-state index contributed by atoms with van der Waals surface area (Å²) in [6, 6.07) is 28.9. The summed E-state index contributed by atoms with van der Waals surface area (Å²) in [6.07, 6.45) is 2.87. The molecule has 5 aromatic rings. The summed E-state index contributed by atoms with van der Waals surface area (Å²) in [5, 5.41) is 1.90. The maximum absolute atomic E-state index is 15.3. The predicted octanol–water partition coefficient (Wildman–Crippen LogP) is 5.99. The molecule has 0 saturated heterocycles. The third kappa shape index (κ3) is 4.50. The van der Waals surface area contributed by atoms with E-state index >= 15 is 4.79 Å². The molecule has 226 valence electrons. The van der Waals surface area contributed by atoms with Crippen LogP contribution in [0.15, 0.2) is 97.2 Å². The van der Waals surface area contributed by atoms with Gasteiger partial charge in [0.15, 0.2) is 5.78 Å². The molecule has 4 unspecified atom stereocenters. The highest BCUT2D eigenvalue weighted by Crippen LogP contribution is 2.65. The number of para-hydroxylation sites is 2. The maximum atomic E-state index is 15.3. The van der Waals surface area contributed by atoms with Crippen molar-refractivity contribution in [3.8, 4) is 0 Å². The lowest BCUT2D eigenvalue weighted by molar-refractivity contribution is -0.186. The van der Waals surface area contributed by atoms with E-state index < -0.39 is 40.4 Å². The monoisotopic (exact) mass is 599 g/mol. The fraction of sp³-hybridized carbons (Fsp3) is 0.297. The van der Waals surface area contributed by atoms with Crippen LogP contribution in [0.5, 0.6) is 0 Å². The van der Waals surface area contributed by atoms with Crippen molar-refractivity contribution in [2.24, 2.45) is 16.7 Å². The van der Waals surface area contributed by atoms with E-state index in [1.165, 1.54) is 14.2 Å². The zero-order chi connectivity index (χ0) is 31.2. The third-order valence-corrected chi connectivity index (χ3v) is 9.97. The Morgan fingerprint density at radius 2 is 1.22 bits per heavy atom. The summed E-state index contributed by atoms with van der Waals surface area (Å²) in [5.41, 5.74) is 0.218. The van der Waals surface area contributed by atoms with Gasteiger partial charge in [-0.05, 0) is 68.0 Å². The Hall–Kier alpha value is -4.98. The molecule has 2 bridgehead atoms. The van der Waals surface area contributed by atoms with Crippen molar-refractivity contribution in [3.05, 3.63) is 114 Å². The SMILES string of the molecule is COC(=O)C12CC(Cc3ccccn3)CC(C(=O)OC)(C1=O)C(c1ccc3ccccc3n1)CC2c1ccc2ccccc2n1. The average Bonchev–Trinajstić information content (AvgIpc) is 3.08. The first-order chi connectivity index (χ1) is 21.9. The van der Waals surface area contributed by atoms with E-state index in [2.05, 4.69) is 4.98 Å². The number of carbonyl (C=O) groups is 3. The number of Topliss-reactive ketones (excluding diaryl/α,β-unsaturated/α-hetero) is 1. The van der Waals surface area contributed by atoms with Crippen molar-refractivity contribution in [2.75, 3.05) is 14.2 Å². The molecule has 2 aliphatic carbocycles. The summed E-state index contributed by atoms with van der Waals surface area (Å²) in [6.45, 7) is 0. The molecule has 0 N–H and O–H groups in total. The molecule has 2 saturated carbocycles. The number of rotatable bonds is 6. The van der Waals surface area contributed by atoms with E-state index in [1.807, 2.05) is 91.0 Å². The van der Waals surface area contributed by atoms with E-state index in [1.54, 1.807) is 6.20 Å². The quantitative estimate of drug-likeness (QED) is 0.173. The molecular weight excluding hydrogens is 566 g/mol. The standard InChI is InChI=1S/C37H33N3O5/c1-44-34(42)36-21-23(19-26-11-7-8-18-38-26)22-37(33(36)41,35(43)45-2)28(32-17-15-25-10-4-6-13-30(25)40-32)20-27(36)31-16-14-24-9-3-5-12-29(24)39-31/h3-18,23,27-28H,19-22H2,1-2H3. The van der Waals surface area contributed by atoms with Crippen LogP contribution in [0, 0.1) is 16.7 Å². The molecule has 2 aromatic carbocycles. The molecule has 8 nitrogen and oxygen atoms in total. The zero-order valence-corrected chi connectivity index (χ0v) is 25.2. The van der Waals surface area contributed by atoms with Gasteiger partial charge < -0.3 is 9.47 Å². The van der Waals surface area contributed by atoms with Gasteiger partial charge in [-0.15, -0.1) is 0 Å². The molecule has 0 aliphatic heterocycles. The van der Waals surface area contributed by atoms with Gasteiger partial charge in [-0.2, -0.15) is 0 Å². The van der Waals surface area contributed by atoms with Gasteiger partial charge in [0.25, 0.3) is 0 Å². The molecule has 4 atom stereocenters. The van der Waals surface area contributed by atoms with Gasteiger partial charge in [-0.3, -0.25) is 29.3 Å². The number of ketones is 1. The number of hydrogen-bond acceptors (Lipinski definition) is 8. The van der Waals surface area contributed by atoms with Gasteiger partial charge in [0.1, 0.15) is 10.8 Å². The van der Waals surface area contributed by atoms with Crippen molar-refractivity contribution in [3.63, 3.8) is 0 Å². The van der Waals surface area contributed by atoms with E-state index in [4.69, 9.17) is 19.4 Å². The second-order valence-electron chi connectivity index (χ2n) is 12.3. The maximum Gasteiger partial charge on any atom is 0.320 e. The Bertz CT molecular complexity index is 1830. The van der Waals surface area contributed by atoms with E-state index in [0.717, 1.165) is 27.5 Å². The average molecular weight is 600 g/mol. The van der Waals surface area contributed by atoms with Gasteiger partial charge in [0.05, 0.1) is 25.3 Å².